The molecule has 2 aromatic rings. The third kappa shape index (κ3) is 6.54. The maximum absolute atomic E-state index is 14.7. The molecule has 2 aromatic carbocycles. The van der Waals surface area contributed by atoms with Gasteiger partial charge in [0, 0.05) is 5.56 Å². The normalized spacial score (nSPS) is 19.9. The van der Waals surface area contributed by atoms with Crippen molar-refractivity contribution in [3.8, 4) is 0 Å². The van der Waals surface area contributed by atoms with Crippen molar-refractivity contribution in [2.75, 3.05) is 0 Å². The summed E-state index contributed by atoms with van der Waals surface area (Å²) < 4.78 is 95.2. The molecule has 0 bridgehead atoms. The summed E-state index contributed by atoms with van der Waals surface area (Å²) in [6, 6.07) is 3.79. The number of benzene rings is 2. The van der Waals surface area contributed by atoms with E-state index in [1.54, 1.807) is 0 Å². The van der Waals surface area contributed by atoms with Crippen LogP contribution in [0.4, 0.5) is 30.7 Å². The molecule has 0 aromatic heterocycles. The van der Waals surface area contributed by atoms with Gasteiger partial charge in [-0.05, 0) is 91.7 Å². The number of rotatable bonds is 8. The lowest BCUT2D eigenvalue weighted by Crippen LogP contribution is -2.15. The predicted octanol–water partition coefficient (Wildman–Crippen LogP) is 9.15. The van der Waals surface area contributed by atoms with Gasteiger partial charge in [-0.3, -0.25) is 0 Å². The summed E-state index contributed by atoms with van der Waals surface area (Å²) in [7, 11) is 0. The average Bonchev–Trinajstić information content (AvgIpc) is 2.75. The highest BCUT2D eigenvalue weighted by atomic mass is 19.4. The van der Waals surface area contributed by atoms with Gasteiger partial charge in [0.05, 0.1) is 0 Å². The van der Waals surface area contributed by atoms with Gasteiger partial charge in [0.25, 0.3) is 0 Å². The minimum Gasteiger partial charge on any atom is -0.207 e. The summed E-state index contributed by atoms with van der Waals surface area (Å²) >= 11 is 0. The summed E-state index contributed by atoms with van der Waals surface area (Å²) in [6.07, 6.45) is 1.84. The first-order valence-corrected chi connectivity index (χ1v) is 12.0. The average molecular weight is 489 g/mol. The van der Waals surface area contributed by atoms with E-state index in [1.165, 1.54) is 31.4 Å². The zero-order valence-electron chi connectivity index (χ0n) is 19.6. The maximum atomic E-state index is 14.7. The molecule has 1 saturated carbocycles. The lowest BCUT2D eigenvalue weighted by molar-refractivity contribution is -0.142. The molecule has 0 spiro atoms. The summed E-state index contributed by atoms with van der Waals surface area (Å²) in [5.74, 6) is -3.48. The van der Waals surface area contributed by atoms with E-state index in [0.717, 1.165) is 25.7 Å². The van der Waals surface area contributed by atoms with Crippen molar-refractivity contribution in [1.82, 2.24) is 0 Å². The Kier molecular flexibility index (Phi) is 8.69. The fraction of sp³-hybridized carbons (Fsp3) is 0.556. The van der Waals surface area contributed by atoms with Gasteiger partial charge in [-0.2, -0.15) is 13.2 Å². The first-order valence-electron chi connectivity index (χ1n) is 12.0. The van der Waals surface area contributed by atoms with Crippen LogP contribution in [0.1, 0.15) is 87.0 Å². The van der Waals surface area contributed by atoms with Crippen molar-refractivity contribution in [2.45, 2.75) is 83.7 Å². The Morgan fingerprint density at radius 2 is 1.38 bits per heavy atom. The largest absolute Gasteiger partial charge is 0.422 e. The number of aryl methyl sites for hydroxylation is 1. The van der Waals surface area contributed by atoms with E-state index in [0.29, 0.717) is 29.5 Å². The monoisotopic (exact) mass is 488 g/mol. The summed E-state index contributed by atoms with van der Waals surface area (Å²) in [5.41, 5.74) is -1.67. The number of hydrogen-bond acceptors (Lipinski definition) is 0. The first kappa shape index (κ1) is 26.6. The van der Waals surface area contributed by atoms with Crippen molar-refractivity contribution in [1.29, 1.82) is 0 Å². The van der Waals surface area contributed by atoms with Crippen LogP contribution in [0.5, 0.6) is 0 Å². The fourth-order valence-electron chi connectivity index (χ4n) is 4.92. The molecule has 1 aliphatic carbocycles. The smallest absolute Gasteiger partial charge is 0.207 e. The van der Waals surface area contributed by atoms with Crippen LogP contribution in [0.3, 0.4) is 0 Å². The molecule has 1 atom stereocenters. The molecule has 1 unspecified atom stereocenters. The molecular formula is C27H31F7. The van der Waals surface area contributed by atoms with Gasteiger partial charge in [-0.15, -0.1) is 0 Å². The molecule has 0 heterocycles. The Labute approximate surface area is 196 Å². The van der Waals surface area contributed by atoms with Crippen LogP contribution in [0.2, 0.25) is 0 Å². The van der Waals surface area contributed by atoms with Crippen LogP contribution >= 0.6 is 0 Å². The molecule has 0 N–H and O–H groups in total. The SMILES string of the molecule is CCC(C)CCC1CCC(c2cc(F)c(CCc3cc(F)c(C(F)(F)F)c(F)c3)c(F)c2)CC1. The highest BCUT2D eigenvalue weighted by Gasteiger charge is 2.37. The van der Waals surface area contributed by atoms with E-state index >= 15 is 0 Å². The second-order valence-corrected chi connectivity index (χ2v) is 9.70. The van der Waals surface area contributed by atoms with Crippen LogP contribution in [0.15, 0.2) is 24.3 Å². The molecule has 0 aliphatic heterocycles. The van der Waals surface area contributed by atoms with Crippen LogP contribution in [0, 0.1) is 35.1 Å². The molecule has 7 heteroatoms. The van der Waals surface area contributed by atoms with Gasteiger partial charge in [-0.1, -0.05) is 33.1 Å². The van der Waals surface area contributed by atoms with Crippen molar-refractivity contribution in [3.05, 3.63) is 69.8 Å². The van der Waals surface area contributed by atoms with E-state index in [9.17, 15) is 30.7 Å². The molecule has 1 aliphatic rings. The van der Waals surface area contributed by atoms with Crippen molar-refractivity contribution in [3.63, 3.8) is 0 Å². The van der Waals surface area contributed by atoms with Gasteiger partial charge in [-0.25, -0.2) is 17.6 Å². The number of hydrogen-bond donors (Lipinski definition) is 0. The first-order chi connectivity index (χ1) is 16.0. The van der Waals surface area contributed by atoms with Gasteiger partial charge in [0.2, 0.25) is 0 Å². The van der Waals surface area contributed by atoms with Gasteiger partial charge in [0.1, 0.15) is 28.8 Å². The second-order valence-electron chi connectivity index (χ2n) is 9.70. The van der Waals surface area contributed by atoms with Crippen LogP contribution in [-0.4, -0.2) is 0 Å². The van der Waals surface area contributed by atoms with Crippen molar-refractivity contribution < 1.29 is 30.7 Å². The maximum Gasteiger partial charge on any atom is 0.422 e. The molecule has 34 heavy (non-hydrogen) atoms. The summed E-state index contributed by atoms with van der Waals surface area (Å²) in [5, 5.41) is 0. The lowest BCUT2D eigenvalue weighted by atomic mass is 9.76. The predicted molar refractivity (Wildman–Crippen MR) is 119 cm³/mol. The number of alkyl halides is 3. The number of halogens is 7. The Morgan fingerprint density at radius 3 is 1.88 bits per heavy atom. The van der Waals surface area contributed by atoms with E-state index in [1.807, 2.05) is 0 Å². The van der Waals surface area contributed by atoms with E-state index in [-0.39, 0.29) is 29.9 Å². The Hall–Kier alpha value is -2.05. The highest BCUT2D eigenvalue weighted by Crippen LogP contribution is 2.39. The Morgan fingerprint density at radius 1 is 0.824 bits per heavy atom. The van der Waals surface area contributed by atoms with Crippen molar-refractivity contribution >= 4 is 0 Å². The molecule has 1 fully saturated rings. The van der Waals surface area contributed by atoms with E-state index < -0.39 is 35.0 Å². The van der Waals surface area contributed by atoms with E-state index in [2.05, 4.69) is 13.8 Å². The Bertz CT molecular complexity index is 925. The zero-order chi connectivity index (χ0) is 25.0. The standard InChI is InChI=1S/C27H31F7/c1-3-16(2)4-5-17-6-9-19(10-7-17)20-14-22(28)21(23(29)15-20)11-8-18-12-24(30)26(25(31)13-18)27(32,33)34/h12-17,19H,3-11H2,1-2H3. The molecule has 0 amide bonds. The summed E-state index contributed by atoms with van der Waals surface area (Å²) in [6.45, 7) is 4.44. The van der Waals surface area contributed by atoms with Gasteiger partial charge < -0.3 is 0 Å². The third-order valence-electron chi connectivity index (χ3n) is 7.30. The quantitative estimate of drug-likeness (QED) is 0.325. The molecule has 188 valence electrons. The van der Waals surface area contributed by atoms with Crippen molar-refractivity contribution in [2.24, 2.45) is 11.8 Å². The van der Waals surface area contributed by atoms with Crippen LogP contribution < -0.4 is 0 Å². The molecular weight excluding hydrogens is 457 g/mol. The minimum absolute atomic E-state index is 0.0935. The minimum atomic E-state index is -5.16. The zero-order valence-corrected chi connectivity index (χ0v) is 19.6. The summed E-state index contributed by atoms with van der Waals surface area (Å²) in [4.78, 5) is 0. The molecule has 0 nitrogen and oxygen atoms in total. The van der Waals surface area contributed by atoms with E-state index in [4.69, 9.17) is 0 Å². The topological polar surface area (TPSA) is 0 Å². The fourth-order valence-corrected chi connectivity index (χ4v) is 4.92. The lowest BCUT2D eigenvalue weighted by Gasteiger charge is -2.29. The van der Waals surface area contributed by atoms with Crippen LogP contribution in [-0.2, 0) is 19.0 Å². The Balaban J connectivity index is 1.63. The molecule has 3 rings (SSSR count). The molecule has 0 radical (unpaired) electrons. The molecule has 0 saturated heterocycles. The van der Waals surface area contributed by atoms with Crippen LogP contribution in [0.25, 0.3) is 0 Å². The van der Waals surface area contributed by atoms with Gasteiger partial charge >= 0.3 is 6.18 Å². The second kappa shape index (κ2) is 11.1. The van der Waals surface area contributed by atoms with Gasteiger partial charge in [0.15, 0.2) is 0 Å². The third-order valence-corrected chi connectivity index (χ3v) is 7.30. The highest BCUT2D eigenvalue weighted by molar-refractivity contribution is 5.32.